The maximum atomic E-state index is 6.31. The normalized spacial score (nSPS) is 11.1. The molecule has 1 aromatic heterocycles. The first kappa shape index (κ1) is 15.7. The van der Waals surface area contributed by atoms with Gasteiger partial charge < -0.3 is 15.0 Å². The molecule has 0 spiro atoms. The van der Waals surface area contributed by atoms with Crippen LogP contribution >= 0.6 is 11.6 Å². The molecule has 1 heterocycles. The number of anilines is 1. The molecule has 0 bridgehead atoms. The number of halogens is 1. The number of nitrogens with two attached hydrogens (primary N) is 1. The van der Waals surface area contributed by atoms with Gasteiger partial charge in [-0.25, -0.2) is 4.98 Å². The van der Waals surface area contributed by atoms with Crippen LogP contribution in [0.3, 0.4) is 0 Å². The van der Waals surface area contributed by atoms with E-state index in [9.17, 15) is 0 Å². The molecule has 1 aromatic carbocycles. The Bertz CT molecular complexity index is 635. The van der Waals surface area contributed by atoms with E-state index in [2.05, 4.69) is 25.3 Å². The van der Waals surface area contributed by atoms with Gasteiger partial charge in [0.05, 0.1) is 12.1 Å². The van der Waals surface area contributed by atoms with Gasteiger partial charge >= 0.3 is 0 Å². The summed E-state index contributed by atoms with van der Waals surface area (Å²) in [5.74, 6) is 2.68. The Morgan fingerprint density at radius 1 is 1.38 bits per heavy atom. The van der Waals surface area contributed by atoms with E-state index in [4.69, 9.17) is 27.1 Å². The molecular weight excluding hydrogens is 286 g/mol. The van der Waals surface area contributed by atoms with Crippen LogP contribution in [-0.4, -0.2) is 16.7 Å². The molecule has 0 amide bonds. The third kappa shape index (κ3) is 3.00. The molecule has 0 saturated carbocycles. The highest BCUT2D eigenvalue weighted by Crippen LogP contribution is 2.34. The predicted molar refractivity (Wildman–Crippen MR) is 88.0 cm³/mol. The average molecular weight is 308 g/mol. The SMILES string of the molecule is CCCn1c(C(C)C)nc(-c2ccc(OC)c(Cl)c2)c1N. The summed E-state index contributed by atoms with van der Waals surface area (Å²) in [7, 11) is 1.60. The number of ether oxygens (including phenoxy) is 1. The molecule has 2 N–H and O–H groups in total. The Labute approximate surface area is 130 Å². The molecular formula is C16H22ClN3O. The van der Waals surface area contributed by atoms with Crippen molar-refractivity contribution in [3.63, 3.8) is 0 Å². The highest BCUT2D eigenvalue weighted by atomic mass is 35.5. The van der Waals surface area contributed by atoms with Gasteiger partial charge in [-0.15, -0.1) is 0 Å². The number of benzene rings is 1. The zero-order valence-electron chi connectivity index (χ0n) is 13.0. The zero-order valence-corrected chi connectivity index (χ0v) is 13.7. The lowest BCUT2D eigenvalue weighted by Crippen LogP contribution is -2.08. The van der Waals surface area contributed by atoms with Gasteiger partial charge in [-0.3, -0.25) is 0 Å². The zero-order chi connectivity index (χ0) is 15.6. The van der Waals surface area contributed by atoms with Crippen molar-refractivity contribution >= 4 is 17.4 Å². The second kappa shape index (κ2) is 6.39. The van der Waals surface area contributed by atoms with E-state index in [-0.39, 0.29) is 0 Å². The fraction of sp³-hybridized carbons (Fsp3) is 0.438. The standard InChI is InChI=1S/C16H22ClN3O/c1-5-8-20-15(18)14(19-16(20)10(2)3)11-6-7-13(21-4)12(17)9-11/h6-7,9-10H,5,8,18H2,1-4H3. The fourth-order valence-corrected chi connectivity index (χ4v) is 2.67. The lowest BCUT2D eigenvalue weighted by molar-refractivity contribution is 0.415. The molecule has 0 radical (unpaired) electrons. The molecule has 2 rings (SSSR count). The quantitative estimate of drug-likeness (QED) is 0.894. The minimum atomic E-state index is 0.321. The van der Waals surface area contributed by atoms with E-state index in [0.29, 0.717) is 22.5 Å². The number of nitrogen functional groups attached to an aromatic ring is 1. The molecule has 4 nitrogen and oxygen atoms in total. The minimum absolute atomic E-state index is 0.321. The number of aromatic nitrogens is 2. The summed E-state index contributed by atoms with van der Waals surface area (Å²) in [6.45, 7) is 7.25. The van der Waals surface area contributed by atoms with E-state index < -0.39 is 0 Å². The maximum absolute atomic E-state index is 6.31. The highest BCUT2D eigenvalue weighted by Gasteiger charge is 2.18. The Morgan fingerprint density at radius 3 is 2.62 bits per heavy atom. The Balaban J connectivity index is 2.53. The summed E-state index contributed by atoms with van der Waals surface area (Å²) >= 11 is 6.20. The van der Waals surface area contributed by atoms with Crippen LogP contribution in [0.1, 0.15) is 38.9 Å². The van der Waals surface area contributed by atoms with Crippen LogP contribution in [0.25, 0.3) is 11.3 Å². The first-order chi connectivity index (χ1) is 9.99. The number of rotatable bonds is 5. The third-order valence-electron chi connectivity index (χ3n) is 3.43. The molecule has 2 aromatic rings. The van der Waals surface area contributed by atoms with Crippen LogP contribution in [-0.2, 0) is 6.54 Å². The topological polar surface area (TPSA) is 53.1 Å². The molecule has 0 aliphatic rings. The lowest BCUT2D eigenvalue weighted by Gasteiger charge is -2.10. The van der Waals surface area contributed by atoms with Crippen molar-refractivity contribution < 1.29 is 4.74 Å². The second-order valence-electron chi connectivity index (χ2n) is 5.36. The highest BCUT2D eigenvalue weighted by molar-refractivity contribution is 6.32. The van der Waals surface area contributed by atoms with Crippen LogP contribution in [0.4, 0.5) is 5.82 Å². The molecule has 114 valence electrons. The maximum Gasteiger partial charge on any atom is 0.137 e. The van der Waals surface area contributed by atoms with Gasteiger partial charge in [0.15, 0.2) is 0 Å². The first-order valence-electron chi connectivity index (χ1n) is 7.19. The van der Waals surface area contributed by atoms with Gasteiger partial charge in [-0.2, -0.15) is 0 Å². The third-order valence-corrected chi connectivity index (χ3v) is 3.72. The number of methoxy groups -OCH3 is 1. The van der Waals surface area contributed by atoms with Crippen LogP contribution in [0, 0.1) is 0 Å². The van der Waals surface area contributed by atoms with Crippen LogP contribution in [0.2, 0.25) is 5.02 Å². The molecule has 0 aliphatic heterocycles. The van der Waals surface area contributed by atoms with Gasteiger partial charge in [-0.05, 0) is 24.6 Å². The first-order valence-corrected chi connectivity index (χ1v) is 7.57. The lowest BCUT2D eigenvalue weighted by atomic mass is 10.1. The molecule has 0 fully saturated rings. The Hall–Kier alpha value is -1.68. The van der Waals surface area contributed by atoms with Gasteiger partial charge in [0.25, 0.3) is 0 Å². The fourth-order valence-electron chi connectivity index (χ4n) is 2.41. The molecule has 0 aliphatic carbocycles. The number of nitrogens with zero attached hydrogens (tertiary/aromatic N) is 2. The minimum Gasteiger partial charge on any atom is -0.495 e. The number of hydrogen-bond donors (Lipinski definition) is 1. The van der Waals surface area contributed by atoms with Gasteiger partial charge in [0.2, 0.25) is 0 Å². The van der Waals surface area contributed by atoms with E-state index in [1.54, 1.807) is 7.11 Å². The molecule has 0 saturated heterocycles. The predicted octanol–water partition coefficient (Wildman–Crippen LogP) is 4.33. The summed E-state index contributed by atoms with van der Waals surface area (Å²) in [5, 5.41) is 0.561. The second-order valence-corrected chi connectivity index (χ2v) is 5.77. The van der Waals surface area contributed by atoms with Crippen molar-refractivity contribution in [2.24, 2.45) is 0 Å². The summed E-state index contributed by atoms with van der Waals surface area (Å²) in [4.78, 5) is 4.73. The van der Waals surface area contributed by atoms with E-state index in [1.165, 1.54) is 0 Å². The monoisotopic (exact) mass is 307 g/mol. The Morgan fingerprint density at radius 2 is 2.10 bits per heavy atom. The van der Waals surface area contributed by atoms with Gasteiger partial charge in [0.1, 0.15) is 23.1 Å². The van der Waals surface area contributed by atoms with Crippen molar-refractivity contribution in [2.45, 2.75) is 39.7 Å². The van der Waals surface area contributed by atoms with Crippen molar-refractivity contribution in [3.8, 4) is 17.0 Å². The van der Waals surface area contributed by atoms with Crippen LogP contribution in [0.15, 0.2) is 18.2 Å². The van der Waals surface area contributed by atoms with Crippen molar-refractivity contribution in [3.05, 3.63) is 29.0 Å². The summed E-state index contributed by atoms with van der Waals surface area (Å²) in [6, 6.07) is 5.62. The largest absolute Gasteiger partial charge is 0.495 e. The summed E-state index contributed by atoms with van der Waals surface area (Å²) in [6.07, 6.45) is 1.02. The summed E-state index contributed by atoms with van der Waals surface area (Å²) in [5.41, 5.74) is 8.01. The molecule has 5 heteroatoms. The molecule has 0 atom stereocenters. The van der Waals surface area contributed by atoms with Crippen molar-refractivity contribution in [2.75, 3.05) is 12.8 Å². The molecule has 21 heavy (non-hydrogen) atoms. The number of hydrogen-bond acceptors (Lipinski definition) is 3. The van der Waals surface area contributed by atoms with E-state index in [1.807, 2.05) is 18.2 Å². The van der Waals surface area contributed by atoms with Crippen LogP contribution in [0.5, 0.6) is 5.75 Å². The Kier molecular flexibility index (Phi) is 4.78. The summed E-state index contributed by atoms with van der Waals surface area (Å²) < 4.78 is 7.28. The molecule has 0 unspecified atom stereocenters. The van der Waals surface area contributed by atoms with E-state index >= 15 is 0 Å². The average Bonchev–Trinajstić information content (AvgIpc) is 2.77. The van der Waals surface area contributed by atoms with Crippen molar-refractivity contribution in [1.29, 1.82) is 0 Å². The van der Waals surface area contributed by atoms with Gasteiger partial charge in [0, 0.05) is 18.0 Å². The smallest absolute Gasteiger partial charge is 0.137 e. The van der Waals surface area contributed by atoms with E-state index in [0.717, 1.165) is 30.0 Å². The number of imidazole rings is 1. The van der Waals surface area contributed by atoms with Crippen LogP contribution < -0.4 is 10.5 Å². The van der Waals surface area contributed by atoms with Gasteiger partial charge in [-0.1, -0.05) is 32.4 Å². The van der Waals surface area contributed by atoms with Crippen molar-refractivity contribution in [1.82, 2.24) is 9.55 Å².